The van der Waals surface area contributed by atoms with Crippen molar-refractivity contribution in [1.29, 1.82) is 0 Å². The minimum Gasteiger partial charge on any atom is -0.507 e. The number of benzene rings is 3. The normalized spacial score (nSPS) is 19.9. The van der Waals surface area contributed by atoms with E-state index in [4.69, 9.17) is 25.8 Å². The Morgan fingerprint density at radius 2 is 1.88 bits per heavy atom. The van der Waals surface area contributed by atoms with Crippen LogP contribution in [0.25, 0.3) is 10.8 Å². The van der Waals surface area contributed by atoms with E-state index in [9.17, 15) is 24.6 Å². The number of halogens is 1. The molecule has 0 radical (unpaired) electrons. The van der Waals surface area contributed by atoms with Crippen molar-refractivity contribution in [3.05, 3.63) is 66.2 Å². The first kappa shape index (κ1) is 33.4. The van der Waals surface area contributed by atoms with Crippen molar-refractivity contribution in [2.24, 2.45) is 0 Å². The molecule has 1 fully saturated rings. The number of unbranched alkanes of at least 4 members (excludes halogenated alkanes) is 2. The Labute approximate surface area is 284 Å². The van der Waals surface area contributed by atoms with Gasteiger partial charge in [0, 0.05) is 48.8 Å². The summed E-state index contributed by atoms with van der Waals surface area (Å²) >= 11 is 6.32. The zero-order valence-corrected chi connectivity index (χ0v) is 27.7. The number of phenols is 1. The third kappa shape index (κ3) is 6.12. The third-order valence-corrected chi connectivity index (χ3v) is 9.76. The number of carbonyl (C=O) groups excluding carboxylic acids is 3. The van der Waals surface area contributed by atoms with E-state index in [2.05, 4.69) is 6.58 Å². The number of fused-ring (bicyclic) bond motifs is 5. The van der Waals surface area contributed by atoms with Crippen LogP contribution in [0.1, 0.15) is 60.4 Å². The molecule has 0 spiro atoms. The number of rotatable bonds is 11. The summed E-state index contributed by atoms with van der Waals surface area (Å²) in [5.41, 5.74) is 2.10. The molecule has 1 unspecified atom stereocenters. The maximum absolute atomic E-state index is 13.6. The number of aromatic hydroxyl groups is 1. The lowest BCUT2D eigenvalue weighted by Gasteiger charge is -2.31. The maximum Gasteiger partial charge on any atom is 0.416 e. The van der Waals surface area contributed by atoms with Crippen LogP contribution in [0.2, 0.25) is 0 Å². The van der Waals surface area contributed by atoms with Crippen molar-refractivity contribution >= 4 is 51.7 Å². The second-order valence-electron chi connectivity index (χ2n) is 12.3. The fourth-order valence-corrected chi connectivity index (χ4v) is 7.34. The first-order valence-electron chi connectivity index (χ1n) is 16.3. The van der Waals surface area contributed by atoms with E-state index in [-0.39, 0.29) is 47.9 Å². The Balaban J connectivity index is 1.11. The average molecular weight is 678 g/mol. The second-order valence-corrected chi connectivity index (χ2v) is 12.6. The average Bonchev–Trinajstić information content (AvgIpc) is 3.72. The Morgan fingerprint density at radius 3 is 2.62 bits per heavy atom. The van der Waals surface area contributed by atoms with Gasteiger partial charge in [-0.2, -0.15) is 0 Å². The first-order valence-corrected chi connectivity index (χ1v) is 16.8. The molecule has 0 aromatic heterocycles. The maximum atomic E-state index is 13.6. The molecule has 11 nitrogen and oxygen atoms in total. The van der Waals surface area contributed by atoms with Gasteiger partial charge >= 0.3 is 6.09 Å². The number of anilines is 2. The van der Waals surface area contributed by atoms with Gasteiger partial charge in [-0.25, -0.2) is 9.69 Å². The fourth-order valence-electron chi connectivity index (χ4n) is 7.08. The van der Waals surface area contributed by atoms with Crippen LogP contribution in [0.3, 0.4) is 0 Å². The highest BCUT2D eigenvalue weighted by Crippen LogP contribution is 2.46. The largest absolute Gasteiger partial charge is 0.507 e. The van der Waals surface area contributed by atoms with Crippen molar-refractivity contribution in [3.63, 3.8) is 0 Å². The number of amides is 3. The summed E-state index contributed by atoms with van der Waals surface area (Å²) in [6.07, 6.45) is 2.86. The first-order chi connectivity index (χ1) is 23.3. The van der Waals surface area contributed by atoms with Crippen LogP contribution in [0.5, 0.6) is 17.2 Å². The summed E-state index contributed by atoms with van der Waals surface area (Å²) in [6.45, 7) is 4.75. The second kappa shape index (κ2) is 14.3. The molecule has 3 atom stereocenters. The van der Waals surface area contributed by atoms with Gasteiger partial charge < -0.3 is 34.2 Å². The molecule has 12 heteroatoms. The Kier molecular flexibility index (Phi) is 9.98. The van der Waals surface area contributed by atoms with Crippen molar-refractivity contribution in [3.8, 4) is 17.2 Å². The van der Waals surface area contributed by atoms with Gasteiger partial charge in [0.25, 0.3) is 5.91 Å². The van der Waals surface area contributed by atoms with Crippen LogP contribution in [0.4, 0.5) is 16.2 Å². The zero-order chi connectivity index (χ0) is 33.9. The van der Waals surface area contributed by atoms with Gasteiger partial charge in [-0.3, -0.25) is 9.59 Å². The van der Waals surface area contributed by atoms with Gasteiger partial charge in [-0.05, 0) is 49.1 Å². The molecule has 48 heavy (non-hydrogen) atoms. The van der Waals surface area contributed by atoms with E-state index in [1.165, 1.54) is 25.3 Å². The summed E-state index contributed by atoms with van der Waals surface area (Å²) in [6, 6.07) is 11.8. The van der Waals surface area contributed by atoms with Gasteiger partial charge in [0.2, 0.25) is 5.91 Å². The van der Waals surface area contributed by atoms with Crippen molar-refractivity contribution in [2.75, 3.05) is 49.1 Å². The van der Waals surface area contributed by atoms with E-state index >= 15 is 0 Å². The minimum absolute atomic E-state index is 0.0200. The van der Waals surface area contributed by atoms with Crippen LogP contribution in [-0.2, 0) is 9.53 Å². The number of aliphatic hydroxyl groups is 1. The number of nitrogens with zero attached hydrogens (tertiary/aromatic N) is 3. The monoisotopic (exact) mass is 677 g/mol. The lowest BCUT2D eigenvalue weighted by atomic mass is 9.95. The number of phenolic OH excluding ortho intramolecular Hbond substituents is 1. The van der Waals surface area contributed by atoms with E-state index in [1.54, 1.807) is 15.9 Å². The van der Waals surface area contributed by atoms with Crippen molar-refractivity contribution in [2.45, 2.75) is 56.7 Å². The van der Waals surface area contributed by atoms with Crippen LogP contribution >= 0.6 is 11.6 Å². The minimum atomic E-state index is -1.31. The summed E-state index contributed by atoms with van der Waals surface area (Å²) in [4.78, 5) is 44.5. The van der Waals surface area contributed by atoms with Crippen LogP contribution < -0.4 is 19.3 Å². The predicted octanol–water partition coefficient (Wildman–Crippen LogP) is 5.93. The fraction of sp³-hybridized carbons (Fsp3) is 0.417. The van der Waals surface area contributed by atoms with Gasteiger partial charge in [0.05, 0.1) is 36.7 Å². The van der Waals surface area contributed by atoms with E-state index in [0.717, 1.165) is 21.2 Å². The molecule has 3 amide bonds. The number of carbonyl (C=O) groups is 3. The predicted molar refractivity (Wildman–Crippen MR) is 182 cm³/mol. The van der Waals surface area contributed by atoms with Crippen molar-refractivity contribution in [1.82, 2.24) is 4.90 Å². The smallest absolute Gasteiger partial charge is 0.416 e. The van der Waals surface area contributed by atoms with E-state index in [0.29, 0.717) is 74.7 Å². The molecule has 1 saturated heterocycles. The van der Waals surface area contributed by atoms with E-state index < -0.39 is 18.4 Å². The molecule has 3 aromatic rings. The summed E-state index contributed by atoms with van der Waals surface area (Å²) in [7, 11) is 1.47. The van der Waals surface area contributed by atoms with Crippen LogP contribution in [0, 0.1) is 0 Å². The molecule has 3 heterocycles. The Bertz CT molecular complexity index is 1730. The molecular weight excluding hydrogens is 638 g/mol. The lowest BCUT2D eigenvalue weighted by molar-refractivity contribution is -0.118. The lowest BCUT2D eigenvalue weighted by Crippen LogP contribution is -2.50. The standard InChI is InChI=1S/C36H40ClN3O8/c1-3-15-48-36(45)40-27-19-31(30(46-2)17-25(27)34(43)38-14-9-12-26(38)35(40)44)47-16-8-4-5-13-32(42)39-21-22(20-37)33-24-11-7-6-10-23(24)29(41)18-28(33)39/h3,6-7,10-11,17-19,22,26,35,41,44H,1,4-5,8-9,12-16,20-21H2,2H3/t22-,26-,35?/m0/s1. The number of alkyl halides is 1. The molecular formula is C36H40ClN3O8. The highest BCUT2D eigenvalue weighted by atomic mass is 35.5. The highest BCUT2D eigenvalue weighted by Gasteiger charge is 2.45. The molecule has 3 aliphatic rings. The summed E-state index contributed by atoms with van der Waals surface area (Å²) in [5, 5.41) is 23.6. The number of methoxy groups -OCH3 is 1. The number of hydrogen-bond donors (Lipinski definition) is 2. The molecule has 2 N–H and O–H groups in total. The molecule has 6 rings (SSSR count). The molecule has 254 valence electrons. The summed E-state index contributed by atoms with van der Waals surface area (Å²) < 4.78 is 16.9. The SMILES string of the molecule is C=CCOC(=O)N1c2cc(OCCCCCC(=O)N3C[C@H](CCl)c4c3cc(O)c3ccccc43)c(OC)cc2C(=O)N2CCC[C@H]2C1O. The van der Waals surface area contributed by atoms with Crippen molar-refractivity contribution < 1.29 is 38.8 Å². The van der Waals surface area contributed by atoms with Gasteiger partial charge in [-0.1, -0.05) is 36.9 Å². The molecule has 0 aliphatic carbocycles. The topological polar surface area (TPSA) is 129 Å². The molecule has 3 aliphatic heterocycles. The Hall–Kier alpha value is -4.48. The van der Waals surface area contributed by atoms with E-state index in [1.807, 2.05) is 24.3 Å². The Morgan fingerprint density at radius 1 is 1.08 bits per heavy atom. The number of hydrogen-bond acceptors (Lipinski definition) is 8. The highest BCUT2D eigenvalue weighted by molar-refractivity contribution is 6.19. The van der Waals surface area contributed by atoms with Crippen LogP contribution in [0.15, 0.2) is 55.1 Å². The van der Waals surface area contributed by atoms with Gasteiger partial charge in [0.15, 0.2) is 17.7 Å². The number of aliphatic hydroxyl groups excluding tert-OH is 1. The van der Waals surface area contributed by atoms with Crippen LogP contribution in [-0.4, -0.2) is 84.6 Å². The number of ether oxygens (including phenoxy) is 3. The summed E-state index contributed by atoms with van der Waals surface area (Å²) in [5.74, 6) is 0.784. The van der Waals surface area contributed by atoms with Gasteiger partial charge in [-0.15, -0.1) is 11.6 Å². The van der Waals surface area contributed by atoms with Gasteiger partial charge in [0.1, 0.15) is 12.4 Å². The molecule has 0 saturated carbocycles. The quantitative estimate of drug-likeness (QED) is 0.145. The third-order valence-electron chi connectivity index (χ3n) is 9.39. The zero-order valence-electron chi connectivity index (χ0n) is 26.9. The molecule has 0 bridgehead atoms. The molecule has 3 aromatic carbocycles.